The smallest absolute Gasteiger partial charge is 0.0320 e. The van der Waals surface area contributed by atoms with Gasteiger partial charge in [-0.05, 0) is 29.9 Å². The van der Waals surface area contributed by atoms with Crippen LogP contribution < -0.4 is 11.0 Å². The molecule has 0 aliphatic heterocycles. The maximum atomic E-state index is 5.58. The monoisotopic (exact) mass is 165 g/mol. The van der Waals surface area contributed by atoms with E-state index in [2.05, 4.69) is 15.8 Å². The predicted molar refractivity (Wildman–Crippen MR) is 54.9 cm³/mol. The first kappa shape index (κ1) is 8.29. The number of nitrogens with two attached hydrogens (primary N) is 1. The van der Waals surface area contributed by atoms with Crippen molar-refractivity contribution in [2.45, 2.75) is 6.92 Å². The van der Waals surface area contributed by atoms with Gasteiger partial charge in [0.1, 0.15) is 0 Å². The molecule has 2 N–H and O–H groups in total. The maximum absolute atomic E-state index is 5.58. The lowest BCUT2D eigenvalue weighted by molar-refractivity contribution is 1.62. The van der Waals surface area contributed by atoms with Gasteiger partial charge in [0.2, 0.25) is 0 Å². The zero-order chi connectivity index (χ0) is 8.43. The molecule has 58 valence electrons. The van der Waals surface area contributed by atoms with Crippen LogP contribution in [-0.2, 0) is 0 Å². The van der Waals surface area contributed by atoms with Gasteiger partial charge in [-0.2, -0.15) is 0 Å². The van der Waals surface area contributed by atoms with Crippen LogP contribution in [0.25, 0.3) is 5.57 Å². The van der Waals surface area contributed by atoms with Crippen molar-refractivity contribution < 1.29 is 0 Å². The molecule has 1 unspecified atom stereocenters. The van der Waals surface area contributed by atoms with Crippen LogP contribution >= 0.6 is 9.24 Å². The molecular formula is C9H12NP. The second-order valence-corrected chi connectivity index (χ2v) is 3.25. The summed E-state index contributed by atoms with van der Waals surface area (Å²) in [6.07, 6.45) is 0. The molecule has 0 saturated heterocycles. The van der Waals surface area contributed by atoms with E-state index in [-0.39, 0.29) is 0 Å². The molecule has 0 fully saturated rings. The van der Waals surface area contributed by atoms with E-state index in [1.54, 1.807) is 0 Å². The molecular weight excluding hydrogens is 153 g/mol. The van der Waals surface area contributed by atoms with Gasteiger partial charge in [0.25, 0.3) is 0 Å². The predicted octanol–water partition coefficient (Wildman–Crippen LogP) is 1.80. The van der Waals surface area contributed by atoms with Crippen LogP contribution in [0.15, 0.2) is 24.8 Å². The van der Waals surface area contributed by atoms with Gasteiger partial charge in [0.05, 0.1) is 0 Å². The Hall–Kier alpha value is -0.810. The van der Waals surface area contributed by atoms with Crippen molar-refractivity contribution in [1.29, 1.82) is 0 Å². The summed E-state index contributed by atoms with van der Waals surface area (Å²) in [6.45, 7) is 5.85. The van der Waals surface area contributed by atoms with Crippen LogP contribution in [0.3, 0.4) is 0 Å². The van der Waals surface area contributed by atoms with Crippen molar-refractivity contribution in [3.8, 4) is 0 Å². The number of hydrogen-bond donors (Lipinski definition) is 1. The fraction of sp³-hybridized carbons (Fsp3) is 0.111. The summed E-state index contributed by atoms with van der Waals surface area (Å²) in [5, 5.41) is 1.11. The van der Waals surface area contributed by atoms with Crippen molar-refractivity contribution in [3.05, 3.63) is 30.3 Å². The molecule has 1 aromatic rings. The Morgan fingerprint density at radius 3 is 2.64 bits per heavy atom. The lowest BCUT2D eigenvalue weighted by Gasteiger charge is -2.04. The Balaban J connectivity index is 3.20. The molecule has 0 amide bonds. The highest BCUT2D eigenvalue weighted by atomic mass is 31.0. The third-order valence-corrected chi connectivity index (χ3v) is 2.01. The Morgan fingerprint density at radius 1 is 1.55 bits per heavy atom. The number of anilines is 1. The molecule has 0 aliphatic carbocycles. The second-order valence-electron chi connectivity index (χ2n) is 2.63. The summed E-state index contributed by atoms with van der Waals surface area (Å²) in [5.41, 5.74) is 8.60. The Bertz CT molecular complexity index is 292. The van der Waals surface area contributed by atoms with Gasteiger partial charge >= 0.3 is 0 Å². The number of allylic oxidation sites excluding steroid dienone is 1. The molecule has 2 heteroatoms. The summed E-state index contributed by atoms with van der Waals surface area (Å²) in [4.78, 5) is 0. The van der Waals surface area contributed by atoms with E-state index in [0.29, 0.717) is 0 Å². The average molecular weight is 165 g/mol. The van der Waals surface area contributed by atoms with Gasteiger partial charge in [0, 0.05) is 5.69 Å². The van der Waals surface area contributed by atoms with Crippen molar-refractivity contribution in [2.75, 3.05) is 5.73 Å². The second kappa shape index (κ2) is 3.06. The Kier molecular flexibility index (Phi) is 2.31. The first-order valence-corrected chi connectivity index (χ1v) is 4.00. The summed E-state index contributed by atoms with van der Waals surface area (Å²) in [5.74, 6) is 0. The Morgan fingerprint density at radius 2 is 2.18 bits per heavy atom. The molecule has 0 aliphatic rings. The van der Waals surface area contributed by atoms with E-state index in [1.165, 1.54) is 0 Å². The van der Waals surface area contributed by atoms with Crippen LogP contribution in [-0.4, -0.2) is 0 Å². The van der Waals surface area contributed by atoms with Gasteiger partial charge in [-0.3, -0.25) is 0 Å². The number of rotatable bonds is 1. The molecule has 1 atom stereocenters. The first-order valence-electron chi connectivity index (χ1n) is 3.42. The number of nitrogen functional groups attached to an aromatic ring is 1. The highest BCUT2D eigenvalue weighted by Gasteiger charge is 1.97. The van der Waals surface area contributed by atoms with Crippen LogP contribution in [0.2, 0.25) is 0 Å². The highest BCUT2D eigenvalue weighted by molar-refractivity contribution is 7.27. The average Bonchev–Trinajstić information content (AvgIpc) is 1.85. The van der Waals surface area contributed by atoms with E-state index >= 15 is 0 Å². The van der Waals surface area contributed by atoms with E-state index in [4.69, 9.17) is 5.73 Å². The van der Waals surface area contributed by atoms with Crippen LogP contribution in [0.1, 0.15) is 12.5 Å². The maximum Gasteiger partial charge on any atom is 0.0320 e. The van der Waals surface area contributed by atoms with Gasteiger partial charge < -0.3 is 5.73 Å². The topological polar surface area (TPSA) is 26.0 Å². The SMILES string of the molecule is C=C(C)c1ccc(N)cc1P. The van der Waals surface area contributed by atoms with Gasteiger partial charge in [-0.1, -0.05) is 18.2 Å². The molecule has 0 heterocycles. The fourth-order valence-corrected chi connectivity index (χ4v) is 1.50. The van der Waals surface area contributed by atoms with E-state index < -0.39 is 0 Å². The van der Waals surface area contributed by atoms with Gasteiger partial charge in [0.15, 0.2) is 0 Å². The molecule has 0 bridgehead atoms. The Labute approximate surface area is 69.5 Å². The lowest BCUT2D eigenvalue weighted by Crippen LogP contribution is -2.00. The van der Waals surface area contributed by atoms with Crippen LogP contribution in [0.4, 0.5) is 5.69 Å². The lowest BCUT2D eigenvalue weighted by atomic mass is 10.1. The summed E-state index contributed by atoms with van der Waals surface area (Å²) in [6, 6.07) is 5.80. The minimum Gasteiger partial charge on any atom is -0.399 e. The molecule has 0 saturated carbocycles. The zero-order valence-corrected chi connectivity index (χ0v) is 7.75. The van der Waals surface area contributed by atoms with Crippen molar-refractivity contribution >= 4 is 25.8 Å². The van der Waals surface area contributed by atoms with Crippen molar-refractivity contribution in [1.82, 2.24) is 0 Å². The van der Waals surface area contributed by atoms with Crippen molar-refractivity contribution in [3.63, 3.8) is 0 Å². The molecule has 1 aromatic carbocycles. The van der Waals surface area contributed by atoms with E-state index in [1.807, 2.05) is 25.1 Å². The summed E-state index contributed by atoms with van der Waals surface area (Å²) in [7, 11) is 2.65. The fourth-order valence-electron chi connectivity index (χ4n) is 0.970. The zero-order valence-electron chi connectivity index (χ0n) is 6.59. The summed E-state index contributed by atoms with van der Waals surface area (Å²) >= 11 is 0. The summed E-state index contributed by atoms with van der Waals surface area (Å²) < 4.78 is 0. The molecule has 0 spiro atoms. The third-order valence-electron chi connectivity index (χ3n) is 1.54. The third kappa shape index (κ3) is 1.81. The standard InChI is InChI=1S/C9H12NP/c1-6(2)8-4-3-7(10)5-9(8)11/h3-5H,1,10-11H2,2H3. The normalized spacial score (nSPS) is 9.64. The minimum atomic E-state index is 0.792. The molecule has 1 rings (SSSR count). The first-order chi connectivity index (χ1) is 5.11. The number of benzene rings is 1. The molecule has 0 radical (unpaired) electrons. The highest BCUT2D eigenvalue weighted by Crippen LogP contribution is 2.13. The minimum absolute atomic E-state index is 0.792. The van der Waals surface area contributed by atoms with Crippen molar-refractivity contribution in [2.24, 2.45) is 0 Å². The molecule has 1 nitrogen and oxygen atoms in total. The van der Waals surface area contributed by atoms with Crippen LogP contribution in [0, 0.1) is 0 Å². The van der Waals surface area contributed by atoms with Gasteiger partial charge in [-0.25, -0.2) is 0 Å². The van der Waals surface area contributed by atoms with Gasteiger partial charge in [-0.15, -0.1) is 9.24 Å². The molecule has 11 heavy (non-hydrogen) atoms. The van der Waals surface area contributed by atoms with E-state index in [9.17, 15) is 0 Å². The number of hydrogen-bond acceptors (Lipinski definition) is 1. The van der Waals surface area contributed by atoms with E-state index in [0.717, 1.165) is 22.1 Å². The largest absolute Gasteiger partial charge is 0.399 e. The van der Waals surface area contributed by atoms with Crippen LogP contribution in [0.5, 0.6) is 0 Å². The quantitative estimate of drug-likeness (QED) is 0.498. The molecule has 0 aromatic heterocycles.